The maximum atomic E-state index is 11.9. The zero-order valence-electron chi connectivity index (χ0n) is 13.4. The lowest BCUT2D eigenvalue weighted by Gasteiger charge is -2.11. The second-order valence-corrected chi connectivity index (χ2v) is 6.20. The monoisotopic (exact) mass is 332 g/mol. The van der Waals surface area contributed by atoms with Crippen molar-refractivity contribution in [3.05, 3.63) is 35.7 Å². The molecule has 0 spiro atoms. The maximum absolute atomic E-state index is 11.9. The molecule has 0 bridgehead atoms. The minimum atomic E-state index is -0.0614. The molecule has 1 heterocycles. The number of carbonyl (C=O) groups is 1. The molecule has 0 aliphatic carbocycles. The number of rotatable bonds is 6. The molecular weight excluding hydrogens is 312 g/mol. The van der Waals surface area contributed by atoms with Crippen LogP contribution in [0.3, 0.4) is 0 Å². The van der Waals surface area contributed by atoms with Crippen LogP contribution >= 0.6 is 11.8 Å². The molecule has 0 atom stereocenters. The zero-order chi connectivity index (χ0) is 16.8. The lowest BCUT2D eigenvalue weighted by atomic mass is 10.2. The van der Waals surface area contributed by atoms with Gasteiger partial charge in [0.25, 0.3) is 0 Å². The molecule has 8 heteroatoms. The van der Waals surface area contributed by atoms with Gasteiger partial charge in [-0.2, -0.15) is 15.0 Å². The Morgan fingerprint density at radius 2 is 1.91 bits per heavy atom. The number of hydrogen-bond acceptors (Lipinski definition) is 7. The van der Waals surface area contributed by atoms with Crippen LogP contribution in [0.5, 0.6) is 0 Å². The number of nitrogens with zero attached hydrogens (tertiary/aromatic N) is 4. The molecule has 0 fully saturated rings. The van der Waals surface area contributed by atoms with Crippen molar-refractivity contribution in [3.8, 4) is 0 Å². The van der Waals surface area contributed by atoms with Gasteiger partial charge >= 0.3 is 0 Å². The third kappa shape index (κ3) is 5.41. The van der Waals surface area contributed by atoms with Gasteiger partial charge in [0.05, 0.1) is 11.5 Å². The molecule has 0 saturated heterocycles. The Morgan fingerprint density at radius 3 is 2.57 bits per heavy atom. The van der Waals surface area contributed by atoms with Crippen LogP contribution in [0, 0.1) is 6.92 Å². The molecule has 1 aromatic carbocycles. The normalized spacial score (nSPS) is 10.4. The summed E-state index contributed by atoms with van der Waals surface area (Å²) < 4.78 is 0. The zero-order valence-corrected chi connectivity index (χ0v) is 14.2. The summed E-state index contributed by atoms with van der Waals surface area (Å²) in [7, 11) is 3.67. The minimum absolute atomic E-state index is 0.0614. The fraction of sp³-hybridized carbons (Fsp3) is 0.333. The van der Waals surface area contributed by atoms with E-state index in [1.54, 1.807) is 4.90 Å². The second kappa shape index (κ2) is 7.77. The smallest absolute Gasteiger partial charge is 0.234 e. The number of benzene rings is 1. The van der Waals surface area contributed by atoms with Crippen molar-refractivity contribution in [3.63, 3.8) is 0 Å². The van der Waals surface area contributed by atoms with E-state index in [4.69, 9.17) is 5.73 Å². The number of carbonyl (C=O) groups excluding carboxylic acids is 1. The van der Waals surface area contributed by atoms with E-state index in [9.17, 15) is 4.79 Å². The van der Waals surface area contributed by atoms with Gasteiger partial charge in [0, 0.05) is 19.8 Å². The largest absolute Gasteiger partial charge is 0.368 e. The van der Waals surface area contributed by atoms with Crippen LogP contribution in [0.1, 0.15) is 11.4 Å². The first-order valence-electron chi connectivity index (χ1n) is 7.06. The van der Waals surface area contributed by atoms with Crippen LogP contribution in [0.2, 0.25) is 0 Å². The average Bonchev–Trinajstić information content (AvgIpc) is 2.49. The van der Waals surface area contributed by atoms with Crippen molar-refractivity contribution in [1.82, 2.24) is 15.0 Å². The first-order chi connectivity index (χ1) is 10.9. The lowest BCUT2D eigenvalue weighted by Crippen LogP contribution is -2.16. The van der Waals surface area contributed by atoms with Gasteiger partial charge in [-0.15, -0.1) is 11.8 Å². The molecule has 0 radical (unpaired) electrons. The predicted octanol–water partition coefficient (Wildman–Crippen LogP) is 1.70. The van der Waals surface area contributed by atoms with Crippen molar-refractivity contribution in [2.24, 2.45) is 0 Å². The number of aromatic nitrogens is 3. The Labute approximate surface area is 139 Å². The van der Waals surface area contributed by atoms with Gasteiger partial charge in [-0.3, -0.25) is 4.79 Å². The van der Waals surface area contributed by atoms with Crippen molar-refractivity contribution >= 4 is 35.3 Å². The van der Waals surface area contributed by atoms with E-state index >= 15 is 0 Å². The Bertz CT molecular complexity index is 674. The Morgan fingerprint density at radius 1 is 1.22 bits per heavy atom. The summed E-state index contributed by atoms with van der Waals surface area (Å²) in [6, 6.07) is 7.68. The van der Waals surface area contributed by atoms with Crippen molar-refractivity contribution in [2.75, 3.05) is 35.8 Å². The number of hydrogen-bond donors (Lipinski definition) is 2. The molecule has 122 valence electrons. The van der Waals surface area contributed by atoms with Crippen LogP contribution in [0.15, 0.2) is 24.3 Å². The lowest BCUT2D eigenvalue weighted by molar-refractivity contribution is -0.113. The molecule has 2 aromatic rings. The molecule has 0 aliphatic heterocycles. The number of nitrogens with one attached hydrogen (secondary N) is 1. The van der Waals surface area contributed by atoms with Gasteiger partial charge in [0.15, 0.2) is 0 Å². The van der Waals surface area contributed by atoms with Gasteiger partial charge in [0.2, 0.25) is 17.8 Å². The fourth-order valence-electron chi connectivity index (χ4n) is 1.76. The molecule has 7 nitrogen and oxygen atoms in total. The van der Waals surface area contributed by atoms with E-state index in [0.29, 0.717) is 23.3 Å². The molecule has 3 N–H and O–H groups in total. The highest BCUT2D eigenvalue weighted by atomic mass is 32.2. The molecule has 0 saturated carbocycles. The van der Waals surface area contributed by atoms with Crippen molar-refractivity contribution < 1.29 is 4.79 Å². The van der Waals surface area contributed by atoms with Gasteiger partial charge in [0.1, 0.15) is 5.82 Å². The molecule has 2 rings (SSSR count). The Kier molecular flexibility index (Phi) is 5.75. The van der Waals surface area contributed by atoms with Crippen LogP contribution in [-0.4, -0.2) is 40.7 Å². The summed E-state index contributed by atoms with van der Waals surface area (Å²) in [5.74, 6) is 2.01. The standard InChI is InChI=1S/C15H20N6OS/c1-10-4-6-11(7-5-10)17-13(22)9-23-8-12-18-14(16)20-15(19-12)21(2)3/h4-7H,8-9H2,1-3H3,(H,17,22)(H2,16,18,19,20). The number of amides is 1. The molecule has 23 heavy (non-hydrogen) atoms. The Hall–Kier alpha value is -2.35. The van der Waals surface area contributed by atoms with E-state index in [-0.39, 0.29) is 11.9 Å². The van der Waals surface area contributed by atoms with E-state index in [1.165, 1.54) is 11.8 Å². The fourth-order valence-corrected chi connectivity index (χ4v) is 2.43. The van der Waals surface area contributed by atoms with Crippen LogP contribution < -0.4 is 16.0 Å². The van der Waals surface area contributed by atoms with Gasteiger partial charge in [-0.25, -0.2) is 0 Å². The summed E-state index contributed by atoms with van der Waals surface area (Å²) in [6.07, 6.45) is 0. The van der Waals surface area contributed by atoms with Gasteiger partial charge in [-0.05, 0) is 19.1 Å². The highest BCUT2D eigenvalue weighted by Gasteiger charge is 2.08. The second-order valence-electron chi connectivity index (χ2n) is 5.21. The van der Waals surface area contributed by atoms with E-state index in [0.717, 1.165) is 11.3 Å². The third-order valence-corrected chi connectivity index (χ3v) is 3.82. The van der Waals surface area contributed by atoms with Gasteiger partial charge < -0.3 is 16.0 Å². The minimum Gasteiger partial charge on any atom is -0.368 e. The van der Waals surface area contributed by atoms with E-state index in [2.05, 4.69) is 20.3 Å². The molecule has 0 aliphatic rings. The highest BCUT2D eigenvalue weighted by molar-refractivity contribution is 7.99. The van der Waals surface area contributed by atoms with Crippen molar-refractivity contribution in [2.45, 2.75) is 12.7 Å². The number of nitrogens with two attached hydrogens (primary N) is 1. The molecule has 0 unspecified atom stereocenters. The summed E-state index contributed by atoms with van der Waals surface area (Å²) in [5.41, 5.74) is 7.61. The van der Waals surface area contributed by atoms with Crippen molar-refractivity contribution in [1.29, 1.82) is 0 Å². The first-order valence-corrected chi connectivity index (χ1v) is 8.21. The topological polar surface area (TPSA) is 97.0 Å². The third-order valence-electron chi connectivity index (χ3n) is 2.89. The number of aryl methyl sites for hydroxylation is 1. The number of thioether (sulfide) groups is 1. The molecule has 1 amide bonds. The number of nitrogen functional groups attached to an aromatic ring is 1. The average molecular weight is 332 g/mol. The van der Waals surface area contributed by atoms with E-state index in [1.807, 2.05) is 45.3 Å². The maximum Gasteiger partial charge on any atom is 0.234 e. The highest BCUT2D eigenvalue weighted by Crippen LogP contribution is 2.14. The summed E-state index contributed by atoms with van der Waals surface area (Å²) >= 11 is 1.43. The van der Waals surface area contributed by atoms with Crippen LogP contribution in [0.4, 0.5) is 17.6 Å². The summed E-state index contributed by atoms with van der Waals surface area (Å²) in [5, 5.41) is 2.85. The molecular formula is C15H20N6OS. The molecule has 1 aromatic heterocycles. The SMILES string of the molecule is Cc1ccc(NC(=O)CSCc2nc(N)nc(N(C)C)n2)cc1. The number of anilines is 3. The Balaban J connectivity index is 1.84. The van der Waals surface area contributed by atoms with Gasteiger partial charge in [-0.1, -0.05) is 17.7 Å². The van der Waals surface area contributed by atoms with Crippen LogP contribution in [-0.2, 0) is 10.5 Å². The predicted molar refractivity (Wildman–Crippen MR) is 94.5 cm³/mol. The van der Waals surface area contributed by atoms with Crippen LogP contribution in [0.25, 0.3) is 0 Å². The first kappa shape index (κ1) is 17.0. The van der Waals surface area contributed by atoms with E-state index < -0.39 is 0 Å². The summed E-state index contributed by atoms with van der Waals surface area (Å²) in [4.78, 5) is 26.1. The summed E-state index contributed by atoms with van der Waals surface area (Å²) in [6.45, 7) is 2.00. The quantitative estimate of drug-likeness (QED) is 0.831.